The SMILES string of the molecule is CCNC(=NCc1ccccc1OC(F)(F)F)NCCC(=O)N1CCCC1.I. The van der Waals surface area contributed by atoms with Gasteiger partial charge in [-0.15, -0.1) is 37.1 Å². The van der Waals surface area contributed by atoms with Crippen LogP contribution in [0.4, 0.5) is 13.2 Å². The number of likely N-dealkylation sites (tertiary alicyclic amines) is 1. The molecule has 1 aromatic rings. The number of amides is 1. The van der Waals surface area contributed by atoms with Crippen molar-refractivity contribution in [2.45, 2.75) is 39.1 Å². The maximum absolute atomic E-state index is 12.5. The van der Waals surface area contributed by atoms with E-state index >= 15 is 0 Å². The van der Waals surface area contributed by atoms with Crippen molar-refractivity contribution in [3.8, 4) is 5.75 Å². The summed E-state index contributed by atoms with van der Waals surface area (Å²) in [4.78, 5) is 18.2. The van der Waals surface area contributed by atoms with Gasteiger partial charge in [0.15, 0.2) is 5.96 Å². The fourth-order valence-electron chi connectivity index (χ4n) is 2.78. The molecule has 1 fully saturated rings. The minimum absolute atomic E-state index is 0. The Balaban J connectivity index is 0.00000392. The number of nitrogens with zero attached hydrogens (tertiary/aromatic N) is 2. The fourth-order valence-corrected chi connectivity index (χ4v) is 2.78. The second-order valence-corrected chi connectivity index (χ2v) is 6.12. The highest BCUT2D eigenvalue weighted by molar-refractivity contribution is 14.0. The number of ether oxygens (including phenoxy) is 1. The van der Waals surface area contributed by atoms with Gasteiger partial charge in [0.25, 0.3) is 0 Å². The Morgan fingerprint density at radius 2 is 1.89 bits per heavy atom. The molecule has 2 rings (SSSR count). The summed E-state index contributed by atoms with van der Waals surface area (Å²) in [6.45, 7) is 4.51. The van der Waals surface area contributed by atoms with Crippen molar-refractivity contribution in [2.75, 3.05) is 26.2 Å². The molecule has 1 saturated heterocycles. The fraction of sp³-hybridized carbons (Fsp3) is 0.556. The Morgan fingerprint density at radius 1 is 1.21 bits per heavy atom. The van der Waals surface area contributed by atoms with E-state index in [2.05, 4.69) is 20.4 Å². The lowest BCUT2D eigenvalue weighted by Gasteiger charge is -2.16. The minimum Gasteiger partial charge on any atom is -0.405 e. The number of hydrogen-bond acceptors (Lipinski definition) is 3. The van der Waals surface area contributed by atoms with Crippen LogP contribution in [0.15, 0.2) is 29.3 Å². The predicted molar refractivity (Wildman–Crippen MR) is 112 cm³/mol. The highest BCUT2D eigenvalue weighted by Crippen LogP contribution is 2.26. The number of benzene rings is 1. The van der Waals surface area contributed by atoms with Crippen LogP contribution in [0.25, 0.3) is 0 Å². The van der Waals surface area contributed by atoms with Crippen LogP contribution in [-0.4, -0.2) is 49.3 Å². The maximum Gasteiger partial charge on any atom is 0.573 e. The summed E-state index contributed by atoms with van der Waals surface area (Å²) in [7, 11) is 0. The van der Waals surface area contributed by atoms with E-state index in [1.54, 1.807) is 6.07 Å². The number of rotatable bonds is 7. The molecular weight excluding hydrogens is 488 g/mol. The van der Waals surface area contributed by atoms with Gasteiger partial charge in [-0.05, 0) is 25.8 Å². The quantitative estimate of drug-likeness (QED) is 0.333. The average Bonchev–Trinajstić information content (AvgIpc) is 3.14. The number of alkyl halides is 3. The molecule has 10 heteroatoms. The number of guanidine groups is 1. The lowest BCUT2D eigenvalue weighted by atomic mass is 10.2. The van der Waals surface area contributed by atoms with Crippen molar-refractivity contribution in [1.82, 2.24) is 15.5 Å². The number of carbonyl (C=O) groups is 1. The number of carbonyl (C=O) groups excluding carboxylic acids is 1. The van der Waals surface area contributed by atoms with Crippen molar-refractivity contribution in [1.29, 1.82) is 0 Å². The zero-order valence-corrected chi connectivity index (χ0v) is 18.0. The smallest absolute Gasteiger partial charge is 0.405 e. The first-order chi connectivity index (χ1) is 12.9. The Bertz CT molecular complexity index is 650. The Hall–Kier alpha value is -1.72. The first-order valence-corrected chi connectivity index (χ1v) is 9.02. The number of para-hydroxylation sites is 1. The molecule has 6 nitrogen and oxygen atoms in total. The van der Waals surface area contributed by atoms with Crippen LogP contribution >= 0.6 is 24.0 Å². The molecule has 0 spiro atoms. The molecule has 0 saturated carbocycles. The Morgan fingerprint density at radius 3 is 2.54 bits per heavy atom. The monoisotopic (exact) mass is 514 g/mol. The highest BCUT2D eigenvalue weighted by Gasteiger charge is 2.31. The molecule has 1 aliphatic heterocycles. The van der Waals surface area contributed by atoms with E-state index in [-0.39, 0.29) is 42.2 Å². The molecule has 0 aromatic heterocycles. The average molecular weight is 514 g/mol. The number of nitrogens with one attached hydrogen (secondary N) is 2. The van der Waals surface area contributed by atoms with E-state index in [1.807, 2.05) is 11.8 Å². The summed E-state index contributed by atoms with van der Waals surface area (Å²) in [5.41, 5.74) is 0.320. The largest absolute Gasteiger partial charge is 0.573 e. The van der Waals surface area contributed by atoms with Crippen LogP contribution in [0, 0.1) is 0 Å². The van der Waals surface area contributed by atoms with Crippen LogP contribution in [0.3, 0.4) is 0 Å². The van der Waals surface area contributed by atoms with E-state index in [1.165, 1.54) is 18.2 Å². The second-order valence-electron chi connectivity index (χ2n) is 6.12. The van der Waals surface area contributed by atoms with Gasteiger partial charge in [0.1, 0.15) is 5.75 Å². The highest BCUT2D eigenvalue weighted by atomic mass is 127. The normalized spacial score (nSPS) is 14.4. The third-order valence-electron chi connectivity index (χ3n) is 4.04. The lowest BCUT2D eigenvalue weighted by Crippen LogP contribution is -2.39. The van der Waals surface area contributed by atoms with Gasteiger partial charge in [0, 0.05) is 38.2 Å². The zero-order chi connectivity index (χ0) is 19.7. The second kappa shape index (κ2) is 12.0. The summed E-state index contributed by atoms with van der Waals surface area (Å²) in [6.07, 6.45) is -2.32. The standard InChI is InChI=1S/C18H25F3N4O2.HI/c1-2-22-17(23-10-9-16(26)25-11-5-6-12-25)24-13-14-7-3-4-8-15(14)27-18(19,20)21;/h3-4,7-8H,2,5-6,9-13H2,1H3,(H2,22,23,24);1H. The number of aliphatic imine (C=N–C) groups is 1. The predicted octanol–water partition coefficient (Wildman–Crippen LogP) is 3.27. The van der Waals surface area contributed by atoms with Crippen molar-refractivity contribution in [2.24, 2.45) is 4.99 Å². The van der Waals surface area contributed by atoms with Crippen LogP contribution in [0.5, 0.6) is 5.75 Å². The summed E-state index contributed by atoms with van der Waals surface area (Å²) in [6, 6.07) is 5.89. The van der Waals surface area contributed by atoms with Gasteiger partial charge in [0.05, 0.1) is 6.54 Å². The van der Waals surface area contributed by atoms with Gasteiger partial charge in [-0.3, -0.25) is 4.79 Å². The third kappa shape index (κ3) is 8.53. The van der Waals surface area contributed by atoms with E-state index in [9.17, 15) is 18.0 Å². The Kier molecular flexibility index (Phi) is 10.4. The Labute approximate surface area is 179 Å². The van der Waals surface area contributed by atoms with Gasteiger partial charge < -0.3 is 20.3 Å². The molecule has 158 valence electrons. The summed E-state index contributed by atoms with van der Waals surface area (Å²) < 4.78 is 41.5. The molecule has 1 heterocycles. The minimum atomic E-state index is -4.75. The van der Waals surface area contributed by atoms with E-state index in [0.717, 1.165) is 25.9 Å². The molecule has 1 aliphatic rings. The van der Waals surface area contributed by atoms with Gasteiger partial charge in [-0.2, -0.15) is 0 Å². The van der Waals surface area contributed by atoms with Crippen LogP contribution in [-0.2, 0) is 11.3 Å². The molecule has 1 aromatic carbocycles. The molecule has 28 heavy (non-hydrogen) atoms. The van der Waals surface area contributed by atoms with Crippen molar-refractivity contribution in [3.63, 3.8) is 0 Å². The molecule has 0 unspecified atom stereocenters. The molecule has 0 atom stereocenters. The number of halogens is 4. The van der Waals surface area contributed by atoms with Gasteiger partial charge >= 0.3 is 6.36 Å². The number of hydrogen-bond donors (Lipinski definition) is 2. The lowest BCUT2D eigenvalue weighted by molar-refractivity contribution is -0.274. The van der Waals surface area contributed by atoms with Crippen molar-refractivity contribution in [3.05, 3.63) is 29.8 Å². The van der Waals surface area contributed by atoms with Crippen molar-refractivity contribution >= 4 is 35.8 Å². The molecule has 0 radical (unpaired) electrons. The van der Waals surface area contributed by atoms with Crippen LogP contribution in [0.2, 0.25) is 0 Å². The summed E-state index contributed by atoms with van der Waals surface area (Å²) >= 11 is 0. The summed E-state index contributed by atoms with van der Waals surface area (Å²) in [5, 5.41) is 6.06. The maximum atomic E-state index is 12.5. The van der Waals surface area contributed by atoms with Crippen LogP contribution in [0.1, 0.15) is 31.7 Å². The first kappa shape index (κ1) is 24.3. The van der Waals surface area contributed by atoms with Gasteiger partial charge in [0.2, 0.25) is 5.91 Å². The van der Waals surface area contributed by atoms with Gasteiger partial charge in [-0.25, -0.2) is 4.99 Å². The molecular formula is C18H26F3IN4O2. The van der Waals surface area contributed by atoms with Gasteiger partial charge in [-0.1, -0.05) is 18.2 Å². The first-order valence-electron chi connectivity index (χ1n) is 9.02. The van der Waals surface area contributed by atoms with E-state index in [4.69, 9.17) is 0 Å². The third-order valence-corrected chi connectivity index (χ3v) is 4.04. The van der Waals surface area contributed by atoms with Crippen molar-refractivity contribution < 1.29 is 22.7 Å². The molecule has 1 amide bonds. The molecule has 2 N–H and O–H groups in total. The summed E-state index contributed by atoms with van der Waals surface area (Å²) in [5.74, 6) is 0.266. The molecule has 0 aliphatic carbocycles. The topological polar surface area (TPSA) is 66.0 Å². The van der Waals surface area contributed by atoms with E-state index < -0.39 is 6.36 Å². The zero-order valence-electron chi connectivity index (χ0n) is 15.7. The molecule has 0 bridgehead atoms. The van der Waals surface area contributed by atoms with E-state index in [0.29, 0.717) is 31.0 Å². The van der Waals surface area contributed by atoms with Crippen LogP contribution < -0.4 is 15.4 Å².